The summed E-state index contributed by atoms with van der Waals surface area (Å²) in [6.07, 6.45) is 0. The zero-order chi connectivity index (χ0) is 16.3. The van der Waals surface area contributed by atoms with Crippen LogP contribution in [-0.2, 0) is 18.3 Å². The molecule has 0 aromatic carbocycles. The average Bonchev–Trinajstić information content (AvgIpc) is 2.11. The second-order valence-corrected chi connectivity index (χ2v) is 2.39. The van der Waals surface area contributed by atoms with Crippen molar-refractivity contribution in [3.8, 4) is 0 Å². The molecule has 0 aliphatic heterocycles. The molecule has 0 rings (SSSR count). The Hall–Kier alpha value is 1.86. The summed E-state index contributed by atoms with van der Waals surface area (Å²) >= 11 is 0. The molecule has 0 bridgehead atoms. The van der Waals surface area contributed by atoms with E-state index in [1.807, 2.05) is 0 Å². The number of hydrogen-bond donors (Lipinski definition) is 6. The second kappa shape index (κ2) is 19.2. The first kappa shape index (κ1) is 31.6. The molecule has 0 aromatic heterocycles. The van der Waals surface area contributed by atoms with E-state index in [4.69, 9.17) is 30.1 Å². The van der Waals surface area contributed by atoms with Crippen LogP contribution in [0.15, 0.2) is 0 Å². The van der Waals surface area contributed by atoms with Gasteiger partial charge in [-0.25, -0.2) is 0 Å². The molecular formula is H6B6CaMgO14. The Labute approximate surface area is 172 Å². The molecule has 0 amide bonds. The van der Waals surface area contributed by atoms with Gasteiger partial charge in [0.2, 0.25) is 0 Å². The molecule has 14 nitrogen and oxygen atoms in total. The van der Waals surface area contributed by atoms with Crippen LogP contribution < -0.4 is 20.1 Å². The van der Waals surface area contributed by atoms with Crippen LogP contribution in [-0.4, -0.2) is 135 Å². The predicted molar refractivity (Wildman–Crippen MR) is 63.7 cm³/mol. The van der Waals surface area contributed by atoms with Gasteiger partial charge in [0.25, 0.3) is 0 Å². The summed E-state index contributed by atoms with van der Waals surface area (Å²) in [5.41, 5.74) is 0. The number of rotatable bonds is 8. The molecule has 0 aromatic rings. The minimum Gasteiger partial charge on any atom is -0.833 e. The first-order valence-corrected chi connectivity index (χ1v) is 4.38. The normalized spacial score (nSPS) is 8.45. The molecular weight excluding hydrogens is 353 g/mol. The molecule has 22 heavy (non-hydrogen) atoms. The van der Waals surface area contributed by atoms with Gasteiger partial charge in [-0.1, -0.05) is 0 Å². The molecule has 0 unspecified atom stereocenters. The van der Waals surface area contributed by atoms with E-state index in [1.165, 1.54) is 0 Å². The molecule has 22 heteroatoms. The van der Waals surface area contributed by atoms with Gasteiger partial charge in [0, 0.05) is 0 Å². The Morgan fingerprint density at radius 1 is 0.500 bits per heavy atom. The summed E-state index contributed by atoms with van der Waals surface area (Å²) in [7, 11) is -14.4. The Bertz CT molecular complexity index is 176. The third kappa shape index (κ3) is 29.8. The van der Waals surface area contributed by atoms with Crippen molar-refractivity contribution in [1.82, 2.24) is 0 Å². The summed E-state index contributed by atoms with van der Waals surface area (Å²) in [6.45, 7) is 0. The topological polar surface area (TPSA) is 251 Å². The van der Waals surface area contributed by atoms with Crippen molar-refractivity contribution in [2.75, 3.05) is 0 Å². The van der Waals surface area contributed by atoms with Gasteiger partial charge in [0.05, 0.1) is 0 Å². The van der Waals surface area contributed by atoms with Crippen LogP contribution in [0.5, 0.6) is 0 Å². The van der Waals surface area contributed by atoms with Crippen molar-refractivity contribution in [3.05, 3.63) is 0 Å². The standard InChI is InChI=1S/2B3H3O7.Ca.Mg/c2*4-1(5)9-3(8)10-2(6)7;;/h2*4,6,8H;;/q2*-2;2*+2. The van der Waals surface area contributed by atoms with Crippen molar-refractivity contribution >= 4 is 105 Å². The molecule has 6 N–H and O–H groups in total. The fourth-order valence-corrected chi connectivity index (χ4v) is 0.462. The Balaban J connectivity index is -0.000000135. The molecule has 0 heterocycles. The smallest absolute Gasteiger partial charge is 0.833 e. The fraction of sp³-hybridized carbons (Fsp3) is 0. The van der Waals surface area contributed by atoms with E-state index in [-0.39, 0.29) is 60.8 Å². The molecule has 0 aliphatic carbocycles. The van der Waals surface area contributed by atoms with Crippen molar-refractivity contribution in [3.63, 3.8) is 0 Å². The maximum Gasteiger partial charge on any atom is 2.00 e. The molecule has 0 radical (unpaired) electrons. The third-order valence-electron chi connectivity index (χ3n) is 0.931. The summed E-state index contributed by atoms with van der Waals surface area (Å²) in [4.78, 5) is 0. The van der Waals surface area contributed by atoms with Crippen LogP contribution in [0.4, 0.5) is 0 Å². The van der Waals surface area contributed by atoms with Gasteiger partial charge >= 0.3 is 105 Å². The van der Waals surface area contributed by atoms with Gasteiger partial charge in [-0.2, -0.15) is 0 Å². The van der Waals surface area contributed by atoms with Gasteiger partial charge in [0.15, 0.2) is 0 Å². The van der Waals surface area contributed by atoms with Gasteiger partial charge in [0.1, 0.15) is 0 Å². The zero-order valence-corrected chi connectivity index (χ0v) is 14.5. The SMILES string of the molecule is [Ca+2].[Mg+2].[O-]B(O)OB(O)OB([O-])O.[O-]B(O)OB(O)OB([O-])O. The maximum atomic E-state index is 9.63. The van der Waals surface area contributed by atoms with Crippen molar-refractivity contribution in [1.29, 1.82) is 0 Å². The van der Waals surface area contributed by atoms with Crippen molar-refractivity contribution < 1.29 is 68.5 Å². The molecule has 0 saturated heterocycles. The van der Waals surface area contributed by atoms with Crippen LogP contribution in [0.2, 0.25) is 0 Å². The van der Waals surface area contributed by atoms with E-state index in [9.17, 15) is 20.1 Å². The average molecular weight is 359 g/mol. The van der Waals surface area contributed by atoms with Crippen LogP contribution in [0, 0.1) is 0 Å². The van der Waals surface area contributed by atoms with Gasteiger partial charge in [-0.05, 0) is 0 Å². The minimum atomic E-state index is -2.51. The first-order valence-electron chi connectivity index (χ1n) is 4.38. The molecule has 0 atom stereocenters. The van der Waals surface area contributed by atoms with E-state index < -0.39 is 43.9 Å². The maximum absolute atomic E-state index is 9.63. The van der Waals surface area contributed by atoms with Crippen molar-refractivity contribution in [2.24, 2.45) is 0 Å². The summed E-state index contributed by atoms with van der Waals surface area (Å²) in [5, 5.41) is 86.3. The van der Waals surface area contributed by atoms with Gasteiger partial charge in [-0.3, -0.25) is 0 Å². The summed E-state index contributed by atoms with van der Waals surface area (Å²) in [6, 6.07) is 0. The molecule has 0 saturated carbocycles. The van der Waals surface area contributed by atoms with E-state index in [0.29, 0.717) is 0 Å². The fourth-order valence-electron chi connectivity index (χ4n) is 0.462. The molecule has 0 fully saturated rings. The largest absolute Gasteiger partial charge is 2.00 e. The third-order valence-corrected chi connectivity index (χ3v) is 0.931. The first-order chi connectivity index (χ1) is 9.04. The van der Waals surface area contributed by atoms with E-state index in [1.54, 1.807) is 0 Å². The van der Waals surface area contributed by atoms with Gasteiger partial charge in [-0.15, -0.1) is 0 Å². The Morgan fingerprint density at radius 3 is 0.727 bits per heavy atom. The monoisotopic (exact) mass is 360 g/mol. The van der Waals surface area contributed by atoms with E-state index in [2.05, 4.69) is 18.3 Å². The van der Waals surface area contributed by atoms with Crippen LogP contribution in [0.25, 0.3) is 0 Å². The second-order valence-electron chi connectivity index (χ2n) is 2.39. The summed E-state index contributed by atoms with van der Waals surface area (Å²) in [5.74, 6) is 0. The van der Waals surface area contributed by atoms with Crippen LogP contribution >= 0.6 is 0 Å². The molecule has 112 valence electrons. The van der Waals surface area contributed by atoms with Crippen LogP contribution in [0.1, 0.15) is 0 Å². The van der Waals surface area contributed by atoms with E-state index >= 15 is 0 Å². The van der Waals surface area contributed by atoms with Gasteiger partial charge < -0.3 is 68.5 Å². The summed E-state index contributed by atoms with van der Waals surface area (Å²) < 4.78 is 14.1. The predicted octanol–water partition coefficient (Wildman–Crippen LogP) is -11.4. The van der Waals surface area contributed by atoms with Crippen LogP contribution in [0.3, 0.4) is 0 Å². The zero-order valence-electron chi connectivity index (χ0n) is 10.8. The quantitative estimate of drug-likeness (QED) is 0.220. The Kier molecular flexibility index (Phi) is 27.6. The van der Waals surface area contributed by atoms with E-state index in [0.717, 1.165) is 0 Å². The minimum absolute atomic E-state index is 0. The van der Waals surface area contributed by atoms with Crippen molar-refractivity contribution in [2.45, 2.75) is 0 Å². The molecule has 0 aliphatic rings. The number of hydrogen-bond acceptors (Lipinski definition) is 14. The molecule has 0 spiro atoms. The Morgan fingerprint density at radius 2 is 0.636 bits per heavy atom.